The standard InChI is InChI=1S/C24H25N3O2/c1-22(2)23(3)12-13-24(22,21(28)25-15-8-7-9-16(14-15)29-4)20-19(23)26-17-10-5-6-11-18(17)27-20/h5-11,14H,12-13H2,1-4H3,(H,25,28)/t23-,24+/m0/s1. The van der Waals surface area contributed by atoms with Crippen molar-refractivity contribution in [1.82, 2.24) is 9.97 Å². The van der Waals surface area contributed by atoms with Crippen LogP contribution >= 0.6 is 0 Å². The summed E-state index contributed by atoms with van der Waals surface area (Å²) in [6.07, 6.45) is 1.69. The van der Waals surface area contributed by atoms with Crippen LogP contribution in [-0.2, 0) is 15.6 Å². The molecule has 1 heterocycles. The summed E-state index contributed by atoms with van der Waals surface area (Å²) in [4.78, 5) is 23.8. The topological polar surface area (TPSA) is 64.1 Å². The van der Waals surface area contributed by atoms with Crippen LogP contribution < -0.4 is 10.1 Å². The summed E-state index contributed by atoms with van der Waals surface area (Å²) in [5, 5.41) is 3.15. The first kappa shape index (κ1) is 18.1. The minimum absolute atomic E-state index is 0.0113. The van der Waals surface area contributed by atoms with E-state index in [1.165, 1.54) is 0 Å². The van der Waals surface area contributed by atoms with Crippen molar-refractivity contribution in [2.24, 2.45) is 5.41 Å². The number of hydrogen-bond donors (Lipinski definition) is 1. The number of nitrogens with zero attached hydrogens (tertiary/aromatic N) is 2. The molecule has 1 amide bonds. The molecule has 5 rings (SSSR count). The molecule has 0 radical (unpaired) electrons. The first-order valence-corrected chi connectivity index (χ1v) is 10.1. The third-order valence-electron chi connectivity index (χ3n) is 7.66. The summed E-state index contributed by atoms with van der Waals surface area (Å²) < 4.78 is 5.31. The van der Waals surface area contributed by atoms with Gasteiger partial charge in [-0.2, -0.15) is 0 Å². The number of fused-ring (bicyclic) bond motifs is 6. The molecule has 0 spiro atoms. The molecule has 2 aliphatic carbocycles. The second-order valence-corrected chi connectivity index (χ2v) is 8.96. The highest BCUT2D eigenvalue weighted by Crippen LogP contribution is 2.70. The van der Waals surface area contributed by atoms with Gasteiger partial charge in [0.15, 0.2) is 0 Å². The molecule has 1 N–H and O–H groups in total. The largest absolute Gasteiger partial charge is 0.497 e. The average Bonchev–Trinajstić information content (AvgIpc) is 3.02. The normalized spacial score (nSPS) is 26.3. The Morgan fingerprint density at radius 2 is 1.66 bits per heavy atom. The van der Waals surface area contributed by atoms with E-state index < -0.39 is 5.41 Å². The monoisotopic (exact) mass is 387 g/mol. The lowest BCUT2D eigenvalue weighted by molar-refractivity contribution is -0.125. The number of hydrogen-bond acceptors (Lipinski definition) is 4. The van der Waals surface area contributed by atoms with Gasteiger partial charge in [-0.3, -0.25) is 4.79 Å². The number of benzene rings is 2. The fourth-order valence-electron chi connectivity index (χ4n) is 5.49. The number of carbonyl (C=O) groups excluding carboxylic acids is 1. The van der Waals surface area contributed by atoms with Crippen molar-refractivity contribution >= 4 is 22.6 Å². The van der Waals surface area contributed by atoms with E-state index >= 15 is 0 Å². The molecule has 1 aromatic heterocycles. The van der Waals surface area contributed by atoms with Gasteiger partial charge in [0.25, 0.3) is 0 Å². The molecule has 1 fully saturated rings. The molecule has 148 valence electrons. The van der Waals surface area contributed by atoms with Crippen LogP contribution in [0.5, 0.6) is 5.75 Å². The maximum atomic E-state index is 13.8. The van der Waals surface area contributed by atoms with E-state index in [-0.39, 0.29) is 16.7 Å². The Hall–Kier alpha value is -2.95. The number of para-hydroxylation sites is 2. The summed E-state index contributed by atoms with van der Waals surface area (Å²) in [7, 11) is 1.62. The molecule has 2 atom stereocenters. The first-order chi connectivity index (χ1) is 13.8. The zero-order valence-electron chi connectivity index (χ0n) is 17.2. The highest BCUT2D eigenvalue weighted by atomic mass is 16.5. The summed E-state index contributed by atoms with van der Waals surface area (Å²) >= 11 is 0. The van der Waals surface area contributed by atoms with Gasteiger partial charge in [-0.1, -0.05) is 39.0 Å². The lowest BCUT2D eigenvalue weighted by atomic mass is 9.63. The van der Waals surface area contributed by atoms with Crippen molar-refractivity contribution in [2.75, 3.05) is 12.4 Å². The van der Waals surface area contributed by atoms with E-state index in [0.29, 0.717) is 5.75 Å². The predicted molar refractivity (Wildman–Crippen MR) is 113 cm³/mol. The van der Waals surface area contributed by atoms with Crippen molar-refractivity contribution < 1.29 is 9.53 Å². The van der Waals surface area contributed by atoms with Crippen LogP contribution in [0.15, 0.2) is 48.5 Å². The number of aromatic nitrogens is 2. The molecule has 29 heavy (non-hydrogen) atoms. The second-order valence-electron chi connectivity index (χ2n) is 8.96. The Morgan fingerprint density at radius 3 is 2.34 bits per heavy atom. The van der Waals surface area contributed by atoms with E-state index in [1.54, 1.807) is 7.11 Å². The molecular weight excluding hydrogens is 362 g/mol. The maximum absolute atomic E-state index is 13.8. The summed E-state index contributed by atoms with van der Waals surface area (Å²) in [5.74, 6) is 0.705. The minimum atomic E-state index is -0.711. The second kappa shape index (κ2) is 5.78. The molecule has 5 heteroatoms. The number of rotatable bonds is 3. The Labute approximate surface area is 170 Å². The van der Waals surface area contributed by atoms with Gasteiger partial charge in [0.2, 0.25) is 5.91 Å². The van der Waals surface area contributed by atoms with E-state index in [0.717, 1.165) is 41.0 Å². The molecule has 5 nitrogen and oxygen atoms in total. The minimum Gasteiger partial charge on any atom is -0.497 e. The van der Waals surface area contributed by atoms with Crippen LogP contribution in [0.4, 0.5) is 5.69 Å². The van der Waals surface area contributed by atoms with Crippen molar-refractivity contribution in [1.29, 1.82) is 0 Å². The van der Waals surface area contributed by atoms with Crippen molar-refractivity contribution in [3.8, 4) is 5.75 Å². The molecule has 2 aromatic carbocycles. The molecule has 1 saturated carbocycles. The lowest BCUT2D eigenvalue weighted by Gasteiger charge is -2.39. The maximum Gasteiger partial charge on any atom is 0.237 e. The van der Waals surface area contributed by atoms with Crippen LogP contribution in [0, 0.1) is 5.41 Å². The van der Waals surface area contributed by atoms with Crippen LogP contribution in [-0.4, -0.2) is 23.0 Å². The van der Waals surface area contributed by atoms with Gasteiger partial charge in [0.1, 0.15) is 5.75 Å². The fourth-order valence-corrected chi connectivity index (χ4v) is 5.49. The highest BCUT2D eigenvalue weighted by Gasteiger charge is 2.73. The highest BCUT2D eigenvalue weighted by molar-refractivity contribution is 6.02. The zero-order valence-corrected chi connectivity index (χ0v) is 17.2. The van der Waals surface area contributed by atoms with Crippen LogP contribution in [0.1, 0.15) is 45.0 Å². The third-order valence-corrected chi connectivity index (χ3v) is 7.66. The first-order valence-electron chi connectivity index (χ1n) is 10.1. The van der Waals surface area contributed by atoms with E-state index in [9.17, 15) is 4.79 Å². The quantitative estimate of drug-likeness (QED) is 0.713. The summed E-state index contributed by atoms with van der Waals surface area (Å²) in [6, 6.07) is 15.4. The number of carbonyl (C=O) groups is 1. The molecule has 2 aliphatic rings. The molecular formula is C24H25N3O2. The van der Waals surface area contributed by atoms with Gasteiger partial charge in [0.05, 0.1) is 34.9 Å². The number of amides is 1. The molecule has 0 unspecified atom stereocenters. The number of methoxy groups -OCH3 is 1. The molecule has 0 saturated heterocycles. The summed E-state index contributed by atoms with van der Waals surface area (Å²) in [6.45, 7) is 6.63. The van der Waals surface area contributed by atoms with Gasteiger partial charge in [-0.05, 0) is 42.5 Å². The predicted octanol–water partition coefficient (Wildman–Crippen LogP) is 4.61. The molecule has 2 bridgehead atoms. The smallest absolute Gasteiger partial charge is 0.237 e. The lowest BCUT2D eigenvalue weighted by Crippen LogP contribution is -2.48. The number of anilines is 1. The van der Waals surface area contributed by atoms with Crippen LogP contribution in [0.2, 0.25) is 0 Å². The SMILES string of the molecule is COc1cccc(NC(=O)[C@@]23CC[C@@](C)(c4nc5ccccc5nc42)C3(C)C)c1. The Balaban J connectivity index is 1.67. The zero-order chi connectivity index (χ0) is 20.4. The Bertz CT molecular complexity index is 1160. The third kappa shape index (κ3) is 2.13. The van der Waals surface area contributed by atoms with Gasteiger partial charge in [-0.15, -0.1) is 0 Å². The van der Waals surface area contributed by atoms with E-state index in [2.05, 4.69) is 26.1 Å². The van der Waals surface area contributed by atoms with E-state index in [1.807, 2.05) is 48.5 Å². The molecule has 3 aromatic rings. The number of ether oxygens (including phenoxy) is 1. The van der Waals surface area contributed by atoms with Gasteiger partial charge >= 0.3 is 0 Å². The van der Waals surface area contributed by atoms with Crippen LogP contribution in [0.25, 0.3) is 11.0 Å². The van der Waals surface area contributed by atoms with Crippen LogP contribution in [0.3, 0.4) is 0 Å². The van der Waals surface area contributed by atoms with Crippen molar-refractivity contribution in [2.45, 2.75) is 44.4 Å². The van der Waals surface area contributed by atoms with Crippen molar-refractivity contribution in [3.63, 3.8) is 0 Å². The fraction of sp³-hybridized carbons (Fsp3) is 0.375. The Kier molecular flexibility index (Phi) is 3.61. The van der Waals surface area contributed by atoms with E-state index in [4.69, 9.17) is 14.7 Å². The van der Waals surface area contributed by atoms with Gasteiger partial charge in [-0.25, -0.2) is 9.97 Å². The van der Waals surface area contributed by atoms with Gasteiger partial charge < -0.3 is 10.1 Å². The number of nitrogens with one attached hydrogen (secondary N) is 1. The summed E-state index contributed by atoms with van der Waals surface area (Å²) in [5.41, 5.74) is 3.08. The molecule has 0 aliphatic heterocycles. The van der Waals surface area contributed by atoms with Crippen molar-refractivity contribution in [3.05, 3.63) is 59.9 Å². The Morgan fingerprint density at radius 1 is 0.966 bits per heavy atom. The van der Waals surface area contributed by atoms with Gasteiger partial charge in [0, 0.05) is 17.2 Å². The average molecular weight is 387 g/mol.